The molecule has 3 heterocycles. The standard InChI is InChI=1S/C48H34N4/c1-31(32-18-22-50-23-19-32)26-34(28-49)45-37-10-2-6-14-41(37)47(42-15-7-3-11-38(42)45)48-43-16-8-4-12-39(43)46(40-13-5-9-17-44(40)48)36-27-35(29-52-30-36)33-20-24-51-25-21-33/h2-30H,49H2,1H3/p+1. The van der Waals surface area contributed by atoms with Crippen molar-refractivity contribution in [3.8, 4) is 33.4 Å². The van der Waals surface area contributed by atoms with Crippen LogP contribution in [0.15, 0.2) is 177 Å². The van der Waals surface area contributed by atoms with Gasteiger partial charge in [0.2, 0.25) is 0 Å². The third kappa shape index (κ3) is 5.25. The lowest BCUT2D eigenvalue weighted by molar-refractivity contribution is -0.273. The molecule has 0 atom stereocenters. The highest BCUT2D eigenvalue weighted by Gasteiger charge is 2.23. The number of fused-ring (bicyclic) bond motifs is 4. The number of allylic oxidation sites excluding steroid dienone is 3. The zero-order chi connectivity index (χ0) is 35.0. The summed E-state index contributed by atoms with van der Waals surface area (Å²) in [6.45, 7) is 2.15. The maximum Gasteiger partial charge on any atom is 0.0989 e. The number of nitrogens with zero attached hydrogens (tertiary/aromatic N) is 3. The van der Waals surface area contributed by atoms with Crippen LogP contribution in [-0.4, -0.2) is 15.0 Å². The molecule has 0 radical (unpaired) electrons. The molecule has 0 amide bonds. The van der Waals surface area contributed by atoms with E-state index in [1.807, 2.05) is 55.5 Å². The van der Waals surface area contributed by atoms with Crippen molar-refractivity contribution in [2.45, 2.75) is 6.92 Å². The van der Waals surface area contributed by atoms with Gasteiger partial charge in [0.1, 0.15) is 0 Å². The maximum absolute atomic E-state index is 4.75. The van der Waals surface area contributed by atoms with Crippen molar-refractivity contribution >= 4 is 54.2 Å². The zero-order valence-electron chi connectivity index (χ0n) is 28.8. The van der Waals surface area contributed by atoms with Crippen molar-refractivity contribution in [3.63, 3.8) is 0 Å². The highest BCUT2D eigenvalue weighted by atomic mass is 14.6. The number of rotatable bonds is 6. The first-order valence-corrected chi connectivity index (χ1v) is 17.5. The molecule has 0 aliphatic carbocycles. The predicted molar refractivity (Wildman–Crippen MR) is 217 cm³/mol. The molecule has 9 aromatic rings. The Morgan fingerprint density at radius 3 is 1.38 bits per heavy atom. The second-order valence-electron chi connectivity index (χ2n) is 13.1. The molecule has 0 saturated heterocycles. The molecule has 3 aromatic heterocycles. The van der Waals surface area contributed by atoms with E-state index in [9.17, 15) is 0 Å². The minimum atomic E-state index is 1.06. The van der Waals surface area contributed by atoms with E-state index in [0.717, 1.165) is 33.4 Å². The van der Waals surface area contributed by atoms with Gasteiger partial charge in [0.05, 0.1) is 6.20 Å². The van der Waals surface area contributed by atoms with Crippen molar-refractivity contribution in [3.05, 3.63) is 188 Å². The number of benzene rings is 6. The van der Waals surface area contributed by atoms with Gasteiger partial charge in [0, 0.05) is 59.4 Å². The number of quaternary nitrogens is 1. The van der Waals surface area contributed by atoms with Gasteiger partial charge in [-0.05, 0) is 120 Å². The Morgan fingerprint density at radius 1 is 0.462 bits per heavy atom. The molecule has 0 unspecified atom stereocenters. The van der Waals surface area contributed by atoms with Gasteiger partial charge in [-0.3, -0.25) is 15.0 Å². The topological polar surface area (TPSA) is 66.3 Å². The summed E-state index contributed by atoms with van der Waals surface area (Å²) in [5, 5.41) is 9.58. The van der Waals surface area contributed by atoms with Crippen molar-refractivity contribution in [2.24, 2.45) is 0 Å². The van der Waals surface area contributed by atoms with Crippen LogP contribution in [0.3, 0.4) is 0 Å². The van der Waals surface area contributed by atoms with Crippen LogP contribution in [0, 0.1) is 0 Å². The fraction of sp³-hybridized carbons (Fsp3) is 0.0208. The Balaban J connectivity index is 1.37. The van der Waals surface area contributed by atoms with Gasteiger partial charge in [-0.15, -0.1) is 0 Å². The summed E-state index contributed by atoms with van der Waals surface area (Å²) < 4.78 is 0. The molecule has 4 nitrogen and oxygen atoms in total. The lowest BCUT2D eigenvalue weighted by Crippen LogP contribution is -2.39. The molecule has 9 rings (SSSR count). The number of hydrogen-bond donors (Lipinski definition) is 1. The Morgan fingerprint density at radius 2 is 0.885 bits per heavy atom. The van der Waals surface area contributed by atoms with Crippen LogP contribution >= 0.6 is 0 Å². The summed E-state index contributed by atoms with van der Waals surface area (Å²) in [6, 6.07) is 45.8. The first-order valence-electron chi connectivity index (χ1n) is 17.5. The van der Waals surface area contributed by atoms with E-state index in [-0.39, 0.29) is 0 Å². The van der Waals surface area contributed by atoms with E-state index < -0.39 is 0 Å². The molecular weight excluding hydrogens is 633 g/mol. The van der Waals surface area contributed by atoms with Crippen LogP contribution in [0.2, 0.25) is 0 Å². The van der Waals surface area contributed by atoms with Crippen molar-refractivity contribution in [1.29, 1.82) is 0 Å². The summed E-state index contributed by atoms with van der Waals surface area (Å²) >= 11 is 0. The largest absolute Gasteiger partial charge is 0.331 e. The molecule has 4 heteroatoms. The molecule has 246 valence electrons. The highest BCUT2D eigenvalue weighted by molar-refractivity contribution is 6.29. The van der Waals surface area contributed by atoms with Crippen molar-refractivity contribution in [1.82, 2.24) is 15.0 Å². The van der Waals surface area contributed by atoms with Crippen LogP contribution in [0.1, 0.15) is 18.1 Å². The lowest BCUT2D eigenvalue weighted by atomic mass is 9.81. The molecule has 0 bridgehead atoms. The summed E-state index contributed by atoms with van der Waals surface area (Å²) in [6.07, 6.45) is 15.5. The zero-order valence-corrected chi connectivity index (χ0v) is 28.8. The third-order valence-corrected chi connectivity index (χ3v) is 10.2. The van der Waals surface area contributed by atoms with Gasteiger partial charge in [-0.1, -0.05) is 97.1 Å². The van der Waals surface area contributed by atoms with Gasteiger partial charge in [0.25, 0.3) is 0 Å². The third-order valence-electron chi connectivity index (χ3n) is 10.2. The minimum Gasteiger partial charge on any atom is -0.331 e. The first-order chi connectivity index (χ1) is 25.7. The average Bonchev–Trinajstić information content (AvgIpc) is 3.22. The maximum atomic E-state index is 4.75. The molecule has 3 N–H and O–H groups in total. The molecule has 0 aliphatic rings. The number of hydrogen-bond acceptors (Lipinski definition) is 3. The molecule has 52 heavy (non-hydrogen) atoms. The normalized spacial score (nSPS) is 12.3. The Bertz CT molecular complexity index is 2740. The van der Waals surface area contributed by atoms with Gasteiger partial charge in [0.15, 0.2) is 0 Å². The fourth-order valence-electron chi connectivity index (χ4n) is 7.86. The smallest absolute Gasteiger partial charge is 0.0989 e. The van der Waals surface area contributed by atoms with E-state index in [1.165, 1.54) is 65.3 Å². The second-order valence-corrected chi connectivity index (χ2v) is 13.1. The highest BCUT2D eigenvalue weighted by Crippen LogP contribution is 2.49. The van der Waals surface area contributed by atoms with E-state index in [4.69, 9.17) is 4.98 Å². The summed E-state index contributed by atoms with van der Waals surface area (Å²) in [4.78, 5) is 13.2. The van der Waals surface area contributed by atoms with E-state index in [1.54, 1.807) is 0 Å². The first kappa shape index (κ1) is 31.2. The van der Waals surface area contributed by atoms with Gasteiger partial charge >= 0.3 is 0 Å². The summed E-state index contributed by atoms with van der Waals surface area (Å²) in [5.41, 5.74) is 15.8. The monoisotopic (exact) mass is 667 g/mol. The predicted octanol–water partition coefficient (Wildman–Crippen LogP) is 11.2. The van der Waals surface area contributed by atoms with Crippen LogP contribution in [0.5, 0.6) is 0 Å². The van der Waals surface area contributed by atoms with Crippen LogP contribution < -0.4 is 5.73 Å². The van der Waals surface area contributed by atoms with Gasteiger partial charge in [-0.2, -0.15) is 0 Å². The van der Waals surface area contributed by atoms with Crippen LogP contribution in [0.4, 0.5) is 0 Å². The molecule has 0 saturated carbocycles. The van der Waals surface area contributed by atoms with E-state index >= 15 is 0 Å². The minimum absolute atomic E-state index is 1.06. The second kappa shape index (κ2) is 13.2. The average molecular weight is 668 g/mol. The Kier molecular flexibility index (Phi) is 7.92. The van der Waals surface area contributed by atoms with E-state index in [0.29, 0.717) is 0 Å². The summed E-state index contributed by atoms with van der Waals surface area (Å²) in [5.74, 6) is 0. The van der Waals surface area contributed by atoms with Crippen LogP contribution in [-0.2, 0) is 0 Å². The Hall–Kier alpha value is -6.75. The molecule has 0 spiro atoms. The molecule has 6 aromatic carbocycles. The number of pyridine rings is 3. The molecular formula is C48H35N4+. The summed E-state index contributed by atoms with van der Waals surface area (Å²) in [7, 11) is 0. The number of aromatic nitrogens is 3. The van der Waals surface area contributed by atoms with Crippen LogP contribution in [0.25, 0.3) is 87.6 Å². The van der Waals surface area contributed by atoms with Gasteiger partial charge < -0.3 is 5.73 Å². The van der Waals surface area contributed by atoms with Crippen molar-refractivity contribution in [2.75, 3.05) is 0 Å². The quantitative estimate of drug-likeness (QED) is 0.142. The molecule has 0 aliphatic heterocycles. The van der Waals surface area contributed by atoms with E-state index in [2.05, 4.69) is 144 Å². The fourth-order valence-corrected chi connectivity index (χ4v) is 7.86. The van der Waals surface area contributed by atoms with Crippen molar-refractivity contribution < 1.29 is 5.73 Å². The Labute approximate surface area is 302 Å². The van der Waals surface area contributed by atoms with Gasteiger partial charge in [-0.25, -0.2) is 0 Å². The SMILES string of the molecule is CC(=CC(=C[NH3+])c1c2ccccc2c(-c2c3ccccc3c(-c3cncc(-c4ccncc4)c3)c3ccccc23)c2ccccc12)c1ccncc1. The molecule has 0 fully saturated rings. The lowest BCUT2D eigenvalue weighted by Gasteiger charge is -2.22.